The van der Waals surface area contributed by atoms with Gasteiger partial charge in [-0.2, -0.15) is 0 Å². The van der Waals surface area contributed by atoms with Gasteiger partial charge in [-0.3, -0.25) is 32.7 Å². The smallest absolute Gasteiger partial charge is 0.463 e. The molecule has 5 atom stereocenters. The minimum atomic E-state index is -4.59. The zero-order chi connectivity index (χ0) is 36.4. The lowest BCUT2D eigenvalue weighted by Crippen LogP contribution is -2.63. The number of hydrogen-bond acceptors (Lipinski definition) is 13. The van der Waals surface area contributed by atoms with Gasteiger partial charge in [0.15, 0.2) is 18.3 Å². The second-order valence-electron chi connectivity index (χ2n) is 11.7. The molecule has 2 aromatic carbocycles. The van der Waals surface area contributed by atoms with Gasteiger partial charge in [0, 0.05) is 25.7 Å². The van der Waals surface area contributed by atoms with Crippen LogP contribution in [0.2, 0.25) is 0 Å². The molecule has 276 valence electrons. The molecule has 3 rings (SSSR count). The summed E-state index contributed by atoms with van der Waals surface area (Å²) in [5, 5.41) is 0. The van der Waals surface area contributed by atoms with E-state index in [4.69, 9.17) is 37.3 Å². The zero-order valence-electron chi connectivity index (χ0n) is 29.2. The van der Waals surface area contributed by atoms with Crippen LogP contribution in [0.15, 0.2) is 60.7 Å². The Morgan fingerprint density at radius 3 is 1.48 bits per heavy atom. The molecule has 1 saturated heterocycles. The maximum atomic E-state index is 14.5. The van der Waals surface area contributed by atoms with E-state index in [1.165, 1.54) is 0 Å². The van der Waals surface area contributed by atoms with E-state index in [1.54, 1.807) is 76.2 Å². The second-order valence-corrected chi connectivity index (χ2v) is 13.3. The van der Waals surface area contributed by atoms with Crippen LogP contribution in [0.1, 0.15) is 90.2 Å². The van der Waals surface area contributed by atoms with E-state index < -0.39 is 69.0 Å². The fourth-order valence-corrected chi connectivity index (χ4v) is 6.11. The van der Waals surface area contributed by atoms with Gasteiger partial charge in [-0.05, 0) is 36.8 Å². The molecular formula is C36H49O13P. The number of carbonyl (C=O) groups is 4. The van der Waals surface area contributed by atoms with Crippen molar-refractivity contribution in [1.29, 1.82) is 0 Å². The highest BCUT2D eigenvalue weighted by atomic mass is 31.2. The lowest BCUT2D eigenvalue weighted by atomic mass is 9.98. The largest absolute Gasteiger partial charge is 0.477 e. The van der Waals surface area contributed by atoms with Crippen molar-refractivity contribution in [3.05, 3.63) is 71.8 Å². The summed E-state index contributed by atoms with van der Waals surface area (Å²) >= 11 is 0. The Balaban J connectivity index is 2.07. The number of carbonyl (C=O) groups excluding carboxylic acids is 4. The summed E-state index contributed by atoms with van der Waals surface area (Å²) in [6.45, 7) is 6.29. The number of phosphoric ester groups is 1. The van der Waals surface area contributed by atoms with Crippen molar-refractivity contribution in [2.45, 2.75) is 123 Å². The molecule has 13 nitrogen and oxygen atoms in total. The van der Waals surface area contributed by atoms with E-state index in [2.05, 4.69) is 0 Å². The second kappa shape index (κ2) is 21.6. The Labute approximate surface area is 293 Å². The molecule has 1 unspecified atom stereocenters. The van der Waals surface area contributed by atoms with Crippen molar-refractivity contribution in [1.82, 2.24) is 0 Å². The molecular weight excluding hydrogens is 671 g/mol. The van der Waals surface area contributed by atoms with Gasteiger partial charge < -0.3 is 23.7 Å². The Hall–Kier alpha value is -3.61. The monoisotopic (exact) mass is 720 g/mol. The highest BCUT2D eigenvalue weighted by Gasteiger charge is 2.55. The Morgan fingerprint density at radius 2 is 1.02 bits per heavy atom. The van der Waals surface area contributed by atoms with Gasteiger partial charge in [-0.25, -0.2) is 4.57 Å². The topological polar surface area (TPSA) is 159 Å². The van der Waals surface area contributed by atoms with Gasteiger partial charge in [0.05, 0.1) is 13.2 Å². The van der Waals surface area contributed by atoms with Crippen LogP contribution < -0.4 is 0 Å². The molecule has 50 heavy (non-hydrogen) atoms. The number of hydrogen-bond donors (Lipinski definition) is 0. The summed E-state index contributed by atoms with van der Waals surface area (Å²) in [6.07, 6.45) is -5.69. The molecule has 0 saturated carbocycles. The third-order valence-corrected chi connectivity index (χ3v) is 8.67. The first-order valence-corrected chi connectivity index (χ1v) is 18.6. The molecule has 0 bridgehead atoms. The van der Waals surface area contributed by atoms with Crippen LogP contribution in [0.5, 0.6) is 0 Å². The highest BCUT2D eigenvalue weighted by molar-refractivity contribution is 7.48. The van der Waals surface area contributed by atoms with E-state index in [0.717, 1.165) is 0 Å². The third-order valence-electron chi connectivity index (χ3n) is 7.32. The summed E-state index contributed by atoms with van der Waals surface area (Å²) in [5.74, 6) is -2.59. The maximum Gasteiger partial charge on any atom is 0.477 e. The van der Waals surface area contributed by atoms with E-state index in [9.17, 15) is 23.7 Å². The number of phosphoric acid groups is 1. The number of esters is 4. The predicted octanol–water partition coefficient (Wildman–Crippen LogP) is 6.75. The van der Waals surface area contributed by atoms with E-state index in [-0.39, 0.29) is 38.9 Å². The molecule has 2 aromatic rings. The third kappa shape index (κ3) is 13.6. The van der Waals surface area contributed by atoms with E-state index in [0.29, 0.717) is 36.8 Å². The average molecular weight is 721 g/mol. The molecule has 0 aliphatic carbocycles. The van der Waals surface area contributed by atoms with Crippen LogP contribution in [-0.2, 0) is 74.2 Å². The van der Waals surface area contributed by atoms with Gasteiger partial charge in [0.25, 0.3) is 0 Å². The number of benzene rings is 2. The van der Waals surface area contributed by atoms with Crippen LogP contribution >= 0.6 is 7.82 Å². The molecule has 14 heteroatoms. The van der Waals surface area contributed by atoms with Crippen molar-refractivity contribution in [3.8, 4) is 0 Å². The normalized spacial score (nSPS) is 20.4. The van der Waals surface area contributed by atoms with Crippen LogP contribution in [0.3, 0.4) is 0 Å². The van der Waals surface area contributed by atoms with Gasteiger partial charge in [0.2, 0.25) is 6.29 Å². The Kier molecular flexibility index (Phi) is 17.6. The van der Waals surface area contributed by atoms with Crippen molar-refractivity contribution < 1.29 is 61.0 Å². The van der Waals surface area contributed by atoms with Crippen LogP contribution in [0, 0.1) is 0 Å². The molecule has 1 heterocycles. The molecule has 1 aliphatic rings. The summed E-state index contributed by atoms with van der Waals surface area (Å²) in [4.78, 5) is 51.4. The fraction of sp³-hybridized carbons (Fsp3) is 0.556. The van der Waals surface area contributed by atoms with Gasteiger partial charge in [-0.1, -0.05) is 88.4 Å². The van der Waals surface area contributed by atoms with Crippen molar-refractivity contribution in [2.75, 3.05) is 6.61 Å². The molecule has 1 fully saturated rings. The lowest BCUT2D eigenvalue weighted by Gasteiger charge is -2.44. The SMILES string of the molecule is CCCC(=O)OC[C@H]1OC(OP(=O)(OCc2ccccc2)OCc2ccccc2)[C@@H](OC(=O)CCC)[C@@H](OC(=O)CCC)[C@@H]1OC(=O)CCC. The zero-order valence-corrected chi connectivity index (χ0v) is 30.1. The predicted molar refractivity (Wildman–Crippen MR) is 180 cm³/mol. The quantitative estimate of drug-likeness (QED) is 0.0758. The molecule has 0 spiro atoms. The Morgan fingerprint density at radius 1 is 0.600 bits per heavy atom. The van der Waals surface area contributed by atoms with Crippen LogP contribution in [0.25, 0.3) is 0 Å². The van der Waals surface area contributed by atoms with Gasteiger partial charge in [0.1, 0.15) is 12.7 Å². The maximum absolute atomic E-state index is 14.5. The highest BCUT2D eigenvalue weighted by Crippen LogP contribution is 2.53. The van der Waals surface area contributed by atoms with Crippen molar-refractivity contribution in [2.24, 2.45) is 0 Å². The number of rotatable bonds is 21. The average Bonchev–Trinajstić information content (AvgIpc) is 3.09. The summed E-state index contributed by atoms with van der Waals surface area (Å²) in [7, 11) is -4.59. The standard InChI is InChI=1S/C36H49O13P/c1-5-15-29(37)42-25-28-33(46-30(38)16-6-2)34(47-31(39)17-7-3)35(48-32(40)18-8-4)36(45-28)49-50(41,43-23-26-19-11-9-12-20-26)44-24-27-21-13-10-14-22-27/h9-14,19-22,28,33-36H,5-8,15-18,23-25H2,1-4H3/t28-,33-,34+,35+,36?/m1/s1. The first-order valence-electron chi connectivity index (χ1n) is 17.2. The first kappa shape index (κ1) is 40.8. The minimum absolute atomic E-state index is 0.0108. The first-order chi connectivity index (χ1) is 24.1. The molecule has 0 radical (unpaired) electrons. The molecule has 0 aromatic heterocycles. The van der Waals surface area contributed by atoms with Crippen molar-refractivity contribution >= 4 is 31.7 Å². The summed E-state index contributed by atoms with van der Waals surface area (Å²) in [6, 6.07) is 17.8. The minimum Gasteiger partial charge on any atom is -0.463 e. The fourth-order valence-electron chi connectivity index (χ4n) is 4.88. The van der Waals surface area contributed by atoms with E-state index in [1.807, 2.05) is 12.1 Å². The van der Waals surface area contributed by atoms with E-state index >= 15 is 0 Å². The van der Waals surface area contributed by atoms with Crippen molar-refractivity contribution in [3.63, 3.8) is 0 Å². The van der Waals surface area contributed by atoms with Crippen LogP contribution in [-0.4, -0.2) is 61.2 Å². The summed E-state index contributed by atoms with van der Waals surface area (Å²) in [5.41, 5.74) is 1.32. The molecule has 0 N–H and O–H groups in total. The number of ether oxygens (including phenoxy) is 5. The Bertz CT molecular complexity index is 1340. The summed E-state index contributed by atoms with van der Waals surface area (Å²) < 4.78 is 61.1. The van der Waals surface area contributed by atoms with Crippen LogP contribution in [0.4, 0.5) is 0 Å². The lowest BCUT2D eigenvalue weighted by molar-refractivity contribution is -0.293. The molecule has 1 aliphatic heterocycles. The molecule has 0 amide bonds. The van der Waals surface area contributed by atoms with Gasteiger partial charge in [-0.15, -0.1) is 0 Å². The van der Waals surface area contributed by atoms with Gasteiger partial charge >= 0.3 is 31.7 Å².